The smallest absolute Gasteiger partial charge is 0.357 e. The van der Waals surface area contributed by atoms with Crippen molar-refractivity contribution < 1.29 is 22.8 Å². The van der Waals surface area contributed by atoms with E-state index < -0.39 is 24.8 Å². The Morgan fingerprint density at radius 2 is 2.06 bits per heavy atom. The summed E-state index contributed by atoms with van der Waals surface area (Å²) in [5.41, 5.74) is 0. The van der Waals surface area contributed by atoms with Gasteiger partial charge in [-0.15, -0.1) is 0 Å². The molecule has 5 nitrogen and oxygen atoms in total. The fourth-order valence-corrected chi connectivity index (χ4v) is 1.73. The first-order valence-electron chi connectivity index (χ1n) is 5.18. The van der Waals surface area contributed by atoms with E-state index in [2.05, 4.69) is 5.32 Å². The van der Waals surface area contributed by atoms with Gasteiger partial charge in [0, 0.05) is 13.6 Å². The van der Waals surface area contributed by atoms with Crippen LogP contribution in [0.15, 0.2) is 0 Å². The number of alkyl halides is 3. The van der Waals surface area contributed by atoms with Crippen molar-refractivity contribution in [1.29, 1.82) is 0 Å². The third-order valence-electron chi connectivity index (χ3n) is 2.50. The molecule has 0 radical (unpaired) electrons. The third kappa shape index (κ3) is 3.79. The van der Waals surface area contributed by atoms with E-state index in [1.807, 2.05) is 0 Å². The summed E-state index contributed by atoms with van der Waals surface area (Å²) in [5.74, 6) is -0.357. The lowest BCUT2D eigenvalue weighted by atomic mass is 10.2. The summed E-state index contributed by atoms with van der Waals surface area (Å²) in [6.07, 6.45) is -3.37. The van der Waals surface area contributed by atoms with E-state index >= 15 is 0 Å². The van der Waals surface area contributed by atoms with Crippen molar-refractivity contribution in [3.8, 4) is 0 Å². The van der Waals surface area contributed by atoms with Crippen LogP contribution in [-0.4, -0.2) is 49.2 Å². The molecule has 1 aliphatic rings. The molecule has 0 aliphatic carbocycles. The van der Waals surface area contributed by atoms with Crippen LogP contribution in [-0.2, 0) is 4.79 Å². The van der Waals surface area contributed by atoms with E-state index in [0.717, 1.165) is 4.90 Å². The first-order chi connectivity index (χ1) is 7.85. The van der Waals surface area contributed by atoms with E-state index in [4.69, 9.17) is 0 Å². The molecule has 2 N–H and O–H groups in total. The number of rotatable bonds is 2. The standard InChI is InChI=1S/C9H14F3N3O2/c1-13-7(16)6-3-2-4-15(6)8(17)14-5-9(10,11)12/h6H,2-5H2,1H3,(H,13,16)(H,14,17). The summed E-state index contributed by atoms with van der Waals surface area (Å²) in [5, 5.41) is 4.14. The minimum absolute atomic E-state index is 0.293. The lowest BCUT2D eigenvalue weighted by Gasteiger charge is -2.23. The highest BCUT2D eigenvalue weighted by molar-refractivity contribution is 5.87. The molecular formula is C9H14F3N3O2. The minimum Gasteiger partial charge on any atom is -0.357 e. The number of urea groups is 1. The zero-order valence-electron chi connectivity index (χ0n) is 9.30. The van der Waals surface area contributed by atoms with E-state index in [-0.39, 0.29) is 5.91 Å². The monoisotopic (exact) mass is 253 g/mol. The van der Waals surface area contributed by atoms with Crippen molar-refractivity contribution in [3.05, 3.63) is 0 Å². The summed E-state index contributed by atoms with van der Waals surface area (Å²) >= 11 is 0. The fraction of sp³-hybridized carbons (Fsp3) is 0.778. The maximum absolute atomic E-state index is 11.9. The first kappa shape index (κ1) is 13.6. The molecule has 0 aromatic carbocycles. The van der Waals surface area contributed by atoms with Gasteiger partial charge in [0.05, 0.1) is 0 Å². The number of hydrogen-bond donors (Lipinski definition) is 2. The minimum atomic E-state index is -4.45. The van der Waals surface area contributed by atoms with Gasteiger partial charge in [0.25, 0.3) is 0 Å². The van der Waals surface area contributed by atoms with Crippen LogP contribution in [0.5, 0.6) is 0 Å². The Hall–Kier alpha value is -1.47. The molecule has 1 heterocycles. The fourth-order valence-electron chi connectivity index (χ4n) is 1.73. The summed E-state index contributed by atoms with van der Waals surface area (Å²) in [4.78, 5) is 24.0. The molecule has 0 saturated carbocycles. The molecule has 1 fully saturated rings. The van der Waals surface area contributed by atoms with E-state index in [1.54, 1.807) is 5.32 Å². The van der Waals surface area contributed by atoms with Gasteiger partial charge in [0.1, 0.15) is 12.6 Å². The molecule has 0 aromatic rings. The number of likely N-dealkylation sites (tertiary alicyclic amines) is 1. The van der Waals surface area contributed by atoms with E-state index in [1.165, 1.54) is 7.05 Å². The molecule has 98 valence electrons. The summed E-state index contributed by atoms with van der Waals surface area (Å²) in [6.45, 7) is -1.09. The van der Waals surface area contributed by atoms with Crippen LogP contribution >= 0.6 is 0 Å². The van der Waals surface area contributed by atoms with Crippen LogP contribution in [0.3, 0.4) is 0 Å². The van der Waals surface area contributed by atoms with Crippen LogP contribution in [0.25, 0.3) is 0 Å². The molecule has 8 heteroatoms. The second-order valence-corrected chi connectivity index (χ2v) is 3.74. The van der Waals surface area contributed by atoms with Crippen LogP contribution in [0.2, 0.25) is 0 Å². The Morgan fingerprint density at radius 1 is 1.41 bits per heavy atom. The molecule has 0 spiro atoms. The quantitative estimate of drug-likeness (QED) is 0.751. The van der Waals surface area contributed by atoms with Gasteiger partial charge < -0.3 is 15.5 Å². The van der Waals surface area contributed by atoms with Crippen LogP contribution in [0.1, 0.15) is 12.8 Å². The normalized spacial score (nSPS) is 20.2. The average Bonchev–Trinajstić information content (AvgIpc) is 2.72. The van der Waals surface area contributed by atoms with Gasteiger partial charge in [0.15, 0.2) is 0 Å². The summed E-state index contributed by atoms with van der Waals surface area (Å²) in [6, 6.07) is -1.53. The third-order valence-corrected chi connectivity index (χ3v) is 2.50. The predicted molar refractivity (Wildman–Crippen MR) is 53.2 cm³/mol. The molecule has 1 saturated heterocycles. The van der Waals surface area contributed by atoms with Gasteiger partial charge in [0.2, 0.25) is 5.91 Å². The SMILES string of the molecule is CNC(=O)C1CCCN1C(=O)NCC(F)(F)F. The summed E-state index contributed by atoms with van der Waals surface area (Å²) < 4.78 is 35.7. The van der Waals surface area contributed by atoms with E-state index in [9.17, 15) is 22.8 Å². The zero-order valence-corrected chi connectivity index (χ0v) is 9.30. The zero-order chi connectivity index (χ0) is 13.1. The molecule has 1 atom stereocenters. The van der Waals surface area contributed by atoms with Gasteiger partial charge in [-0.1, -0.05) is 0 Å². The van der Waals surface area contributed by atoms with E-state index in [0.29, 0.717) is 19.4 Å². The number of carbonyl (C=O) groups excluding carboxylic acids is 2. The Labute approximate surface area is 96.3 Å². The lowest BCUT2D eigenvalue weighted by molar-refractivity contribution is -0.124. The highest BCUT2D eigenvalue weighted by Crippen LogP contribution is 2.18. The molecule has 17 heavy (non-hydrogen) atoms. The Bertz CT molecular complexity index is 306. The number of hydrogen-bond acceptors (Lipinski definition) is 2. The van der Waals surface area contributed by atoms with Crippen molar-refractivity contribution in [2.24, 2.45) is 0 Å². The van der Waals surface area contributed by atoms with Crippen molar-refractivity contribution in [3.63, 3.8) is 0 Å². The highest BCUT2D eigenvalue weighted by atomic mass is 19.4. The highest BCUT2D eigenvalue weighted by Gasteiger charge is 2.35. The molecule has 1 rings (SSSR count). The number of likely N-dealkylation sites (N-methyl/N-ethyl adjacent to an activating group) is 1. The predicted octanol–water partition coefficient (Wildman–Crippen LogP) is 0.469. The number of carbonyl (C=O) groups is 2. The van der Waals surface area contributed by atoms with Gasteiger partial charge >= 0.3 is 12.2 Å². The van der Waals surface area contributed by atoms with Crippen LogP contribution in [0, 0.1) is 0 Å². The number of halogens is 3. The molecule has 1 unspecified atom stereocenters. The maximum Gasteiger partial charge on any atom is 0.405 e. The van der Waals surface area contributed by atoms with Gasteiger partial charge in [-0.05, 0) is 12.8 Å². The van der Waals surface area contributed by atoms with Gasteiger partial charge in [-0.3, -0.25) is 4.79 Å². The first-order valence-corrected chi connectivity index (χ1v) is 5.18. The lowest BCUT2D eigenvalue weighted by Crippen LogP contribution is -2.50. The molecule has 1 aliphatic heterocycles. The Kier molecular flexibility index (Phi) is 4.19. The molecule has 0 aromatic heterocycles. The van der Waals surface area contributed by atoms with Crippen molar-refractivity contribution in [2.75, 3.05) is 20.1 Å². The van der Waals surface area contributed by atoms with Crippen LogP contribution < -0.4 is 10.6 Å². The van der Waals surface area contributed by atoms with Crippen molar-refractivity contribution >= 4 is 11.9 Å². The van der Waals surface area contributed by atoms with Crippen molar-refractivity contribution in [2.45, 2.75) is 25.1 Å². The van der Waals surface area contributed by atoms with Crippen molar-refractivity contribution in [1.82, 2.24) is 15.5 Å². The van der Waals surface area contributed by atoms with Gasteiger partial charge in [-0.2, -0.15) is 13.2 Å². The Balaban J connectivity index is 2.53. The number of nitrogens with one attached hydrogen (secondary N) is 2. The molecule has 3 amide bonds. The summed E-state index contributed by atoms with van der Waals surface area (Å²) in [7, 11) is 1.42. The average molecular weight is 253 g/mol. The molecule has 0 bridgehead atoms. The largest absolute Gasteiger partial charge is 0.405 e. The van der Waals surface area contributed by atoms with Gasteiger partial charge in [-0.25, -0.2) is 4.79 Å². The maximum atomic E-state index is 11.9. The number of amides is 3. The number of nitrogens with zero attached hydrogens (tertiary/aromatic N) is 1. The second kappa shape index (κ2) is 5.24. The Morgan fingerprint density at radius 3 is 2.59 bits per heavy atom. The second-order valence-electron chi connectivity index (χ2n) is 3.74. The van der Waals surface area contributed by atoms with Crippen LogP contribution in [0.4, 0.5) is 18.0 Å². The molecular weight excluding hydrogens is 239 g/mol. The topological polar surface area (TPSA) is 61.4 Å².